The lowest BCUT2D eigenvalue weighted by Gasteiger charge is -2.17. The molecular formula is C16H21N5. The Balaban J connectivity index is 1.95. The minimum Gasteiger partial charge on any atom is -0.378 e. The van der Waals surface area contributed by atoms with Gasteiger partial charge < -0.3 is 5.32 Å². The molecule has 5 nitrogen and oxygen atoms in total. The van der Waals surface area contributed by atoms with Gasteiger partial charge in [0, 0.05) is 28.9 Å². The number of H-pyrrole nitrogens is 1. The summed E-state index contributed by atoms with van der Waals surface area (Å²) in [6, 6.07) is 6.35. The number of nitrogens with zero attached hydrogens (tertiary/aromatic N) is 3. The highest BCUT2D eigenvalue weighted by Gasteiger charge is 2.17. The van der Waals surface area contributed by atoms with Gasteiger partial charge in [0.1, 0.15) is 0 Å². The zero-order valence-electron chi connectivity index (χ0n) is 12.9. The second-order valence-corrected chi connectivity index (χ2v) is 5.40. The van der Waals surface area contributed by atoms with E-state index in [2.05, 4.69) is 59.1 Å². The van der Waals surface area contributed by atoms with Gasteiger partial charge in [-0.05, 0) is 39.8 Å². The molecule has 0 saturated heterocycles. The highest BCUT2D eigenvalue weighted by atomic mass is 15.3. The monoisotopic (exact) mass is 283 g/mol. The largest absolute Gasteiger partial charge is 0.378 e. The molecule has 1 atom stereocenters. The maximum Gasteiger partial charge on any atom is 0.0671 e. The molecule has 2 aromatic heterocycles. The van der Waals surface area contributed by atoms with E-state index in [9.17, 15) is 0 Å². The molecule has 0 aliphatic rings. The SMILES string of the molecule is CCn1nc(C)c(C(C)Nc2cccc3[nH]ncc23)c1C. The highest BCUT2D eigenvalue weighted by molar-refractivity contribution is 5.91. The molecule has 21 heavy (non-hydrogen) atoms. The summed E-state index contributed by atoms with van der Waals surface area (Å²) in [5.74, 6) is 0. The van der Waals surface area contributed by atoms with Gasteiger partial charge in [-0.3, -0.25) is 9.78 Å². The van der Waals surface area contributed by atoms with E-state index in [4.69, 9.17) is 0 Å². The van der Waals surface area contributed by atoms with Crippen LogP contribution < -0.4 is 5.32 Å². The fourth-order valence-electron chi connectivity index (χ4n) is 3.04. The Bertz CT molecular complexity index is 768. The van der Waals surface area contributed by atoms with Crippen molar-refractivity contribution < 1.29 is 0 Å². The van der Waals surface area contributed by atoms with Crippen molar-refractivity contribution in [1.82, 2.24) is 20.0 Å². The third-order valence-corrected chi connectivity index (χ3v) is 4.03. The third kappa shape index (κ3) is 2.28. The Morgan fingerprint density at radius 3 is 2.86 bits per heavy atom. The molecule has 0 spiro atoms. The number of fused-ring (bicyclic) bond motifs is 1. The molecule has 0 amide bonds. The molecule has 1 unspecified atom stereocenters. The van der Waals surface area contributed by atoms with Crippen LogP contribution in [0.4, 0.5) is 5.69 Å². The van der Waals surface area contributed by atoms with Crippen molar-refractivity contribution in [3.05, 3.63) is 41.3 Å². The first kappa shape index (κ1) is 13.7. The Morgan fingerprint density at radius 2 is 2.14 bits per heavy atom. The number of nitrogens with one attached hydrogen (secondary N) is 2. The van der Waals surface area contributed by atoms with Gasteiger partial charge in [0.2, 0.25) is 0 Å². The first-order chi connectivity index (χ1) is 10.1. The summed E-state index contributed by atoms with van der Waals surface area (Å²) in [4.78, 5) is 0. The lowest BCUT2D eigenvalue weighted by molar-refractivity contribution is 0.632. The van der Waals surface area contributed by atoms with Crippen LogP contribution >= 0.6 is 0 Å². The highest BCUT2D eigenvalue weighted by Crippen LogP contribution is 2.28. The molecule has 0 aliphatic carbocycles. The first-order valence-electron chi connectivity index (χ1n) is 7.34. The van der Waals surface area contributed by atoms with E-state index in [-0.39, 0.29) is 6.04 Å². The summed E-state index contributed by atoms with van der Waals surface area (Å²) in [6.07, 6.45) is 1.86. The number of rotatable bonds is 4. The van der Waals surface area contributed by atoms with E-state index in [0.717, 1.165) is 28.8 Å². The number of benzene rings is 1. The maximum atomic E-state index is 4.60. The molecule has 3 rings (SSSR count). The molecule has 0 aliphatic heterocycles. The standard InChI is InChI=1S/C16H21N5/c1-5-21-12(4)16(11(3)20-21)10(2)18-14-7-6-8-15-13(14)9-17-19-15/h6-10,18H,5H2,1-4H3,(H,17,19). The normalized spacial score (nSPS) is 12.8. The number of aromatic nitrogens is 4. The second-order valence-electron chi connectivity index (χ2n) is 5.40. The predicted molar refractivity (Wildman–Crippen MR) is 85.5 cm³/mol. The minimum atomic E-state index is 0.200. The Hall–Kier alpha value is -2.30. The van der Waals surface area contributed by atoms with Crippen molar-refractivity contribution in [3.63, 3.8) is 0 Å². The zero-order valence-corrected chi connectivity index (χ0v) is 12.9. The molecule has 0 bridgehead atoms. The van der Waals surface area contributed by atoms with Gasteiger partial charge in [-0.2, -0.15) is 10.2 Å². The fourth-order valence-corrected chi connectivity index (χ4v) is 3.04. The Labute approximate surface area is 124 Å². The Morgan fingerprint density at radius 1 is 1.33 bits per heavy atom. The second kappa shape index (κ2) is 5.24. The summed E-state index contributed by atoms with van der Waals surface area (Å²) >= 11 is 0. The topological polar surface area (TPSA) is 58.5 Å². The fraction of sp³-hybridized carbons (Fsp3) is 0.375. The quantitative estimate of drug-likeness (QED) is 0.769. The van der Waals surface area contributed by atoms with Crippen LogP contribution in [0.2, 0.25) is 0 Å². The smallest absolute Gasteiger partial charge is 0.0671 e. The van der Waals surface area contributed by atoms with Crippen LogP contribution in [0.25, 0.3) is 10.9 Å². The van der Waals surface area contributed by atoms with E-state index < -0.39 is 0 Å². The Kier molecular flexibility index (Phi) is 3.41. The average molecular weight is 283 g/mol. The van der Waals surface area contributed by atoms with Crippen molar-refractivity contribution in [1.29, 1.82) is 0 Å². The molecule has 1 aromatic carbocycles. The van der Waals surface area contributed by atoms with Crippen molar-refractivity contribution in [2.45, 2.75) is 40.3 Å². The summed E-state index contributed by atoms with van der Waals surface area (Å²) in [6.45, 7) is 9.40. The van der Waals surface area contributed by atoms with E-state index in [0.29, 0.717) is 0 Å². The van der Waals surface area contributed by atoms with E-state index in [1.807, 2.05) is 18.3 Å². The van der Waals surface area contributed by atoms with Crippen LogP contribution in [0.15, 0.2) is 24.4 Å². The summed E-state index contributed by atoms with van der Waals surface area (Å²) in [5.41, 5.74) is 5.74. The predicted octanol–water partition coefficient (Wildman–Crippen LogP) is 3.57. The maximum absolute atomic E-state index is 4.60. The summed E-state index contributed by atoms with van der Waals surface area (Å²) < 4.78 is 2.06. The van der Waals surface area contributed by atoms with Gasteiger partial charge in [0.25, 0.3) is 0 Å². The summed E-state index contributed by atoms with van der Waals surface area (Å²) in [7, 11) is 0. The molecule has 0 fully saturated rings. The molecular weight excluding hydrogens is 262 g/mol. The van der Waals surface area contributed by atoms with Gasteiger partial charge >= 0.3 is 0 Å². The molecule has 3 aromatic rings. The number of hydrogen-bond donors (Lipinski definition) is 2. The lowest BCUT2D eigenvalue weighted by atomic mass is 10.1. The minimum absolute atomic E-state index is 0.200. The van der Waals surface area contributed by atoms with Crippen LogP contribution in [0.1, 0.15) is 36.8 Å². The van der Waals surface area contributed by atoms with Crippen molar-refractivity contribution in [3.8, 4) is 0 Å². The first-order valence-corrected chi connectivity index (χ1v) is 7.34. The number of hydrogen-bond acceptors (Lipinski definition) is 3. The average Bonchev–Trinajstić information content (AvgIpc) is 3.04. The van der Waals surface area contributed by atoms with Gasteiger partial charge in [-0.1, -0.05) is 6.07 Å². The molecule has 2 heterocycles. The van der Waals surface area contributed by atoms with E-state index >= 15 is 0 Å². The van der Waals surface area contributed by atoms with Gasteiger partial charge in [0.15, 0.2) is 0 Å². The molecule has 5 heteroatoms. The van der Waals surface area contributed by atoms with Crippen molar-refractivity contribution in [2.24, 2.45) is 0 Å². The van der Waals surface area contributed by atoms with E-state index in [1.54, 1.807) is 0 Å². The van der Waals surface area contributed by atoms with Gasteiger partial charge in [0.05, 0.1) is 23.4 Å². The van der Waals surface area contributed by atoms with Crippen LogP contribution in [0, 0.1) is 13.8 Å². The van der Waals surface area contributed by atoms with Gasteiger partial charge in [-0.25, -0.2) is 0 Å². The van der Waals surface area contributed by atoms with Crippen LogP contribution in [0.5, 0.6) is 0 Å². The van der Waals surface area contributed by atoms with Gasteiger partial charge in [-0.15, -0.1) is 0 Å². The summed E-state index contributed by atoms with van der Waals surface area (Å²) in [5, 5.41) is 16.4. The molecule has 110 valence electrons. The number of aromatic amines is 1. The number of aryl methyl sites for hydroxylation is 2. The molecule has 0 saturated carbocycles. The van der Waals surface area contributed by atoms with Crippen LogP contribution in [-0.2, 0) is 6.54 Å². The number of anilines is 1. The molecule has 2 N–H and O–H groups in total. The molecule has 0 radical (unpaired) electrons. The van der Waals surface area contributed by atoms with Crippen LogP contribution in [0.3, 0.4) is 0 Å². The zero-order chi connectivity index (χ0) is 15.0. The van der Waals surface area contributed by atoms with Crippen molar-refractivity contribution >= 4 is 16.6 Å². The lowest BCUT2D eigenvalue weighted by Crippen LogP contribution is -2.09. The van der Waals surface area contributed by atoms with Crippen LogP contribution in [-0.4, -0.2) is 20.0 Å². The van der Waals surface area contributed by atoms with E-state index in [1.165, 1.54) is 11.3 Å². The van der Waals surface area contributed by atoms with Crippen molar-refractivity contribution in [2.75, 3.05) is 5.32 Å². The third-order valence-electron chi connectivity index (χ3n) is 4.03.